The Hall–Kier alpha value is -2.38. The molecule has 1 N–H and O–H groups in total. The number of hydrogen-bond acceptors (Lipinski definition) is 13. The van der Waals surface area contributed by atoms with E-state index in [0.717, 1.165) is 37.9 Å². The first-order chi connectivity index (χ1) is 23.7. The van der Waals surface area contributed by atoms with E-state index in [9.17, 15) is 29.1 Å². The van der Waals surface area contributed by atoms with Crippen LogP contribution in [0.25, 0.3) is 0 Å². The zero-order valence-electron chi connectivity index (χ0n) is 32.3. The van der Waals surface area contributed by atoms with E-state index in [-0.39, 0.29) is 30.1 Å². The quantitative estimate of drug-likeness (QED) is 0.196. The summed E-state index contributed by atoms with van der Waals surface area (Å²) in [4.78, 5) is 58.0. The molecule has 0 aromatic rings. The van der Waals surface area contributed by atoms with Gasteiger partial charge in [-0.2, -0.15) is 11.8 Å². The second-order valence-corrected chi connectivity index (χ2v) is 17.9. The molecule has 13 heteroatoms. The van der Waals surface area contributed by atoms with Gasteiger partial charge >= 0.3 is 29.8 Å². The predicted molar refractivity (Wildman–Crippen MR) is 190 cm³/mol. The van der Waals surface area contributed by atoms with E-state index >= 15 is 0 Å². The van der Waals surface area contributed by atoms with Gasteiger partial charge in [0.05, 0.1) is 40.8 Å². The van der Waals surface area contributed by atoms with E-state index in [0.29, 0.717) is 56.5 Å². The van der Waals surface area contributed by atoms with Gasteiger partial charge in [0.25, 0.3) is 0 Å². The average molecular weight is 743 g/mol. The van der Waals surface area contributed by atoms with Crippen LogP contribution in [0.3, 0.4) is 0 Å². The third-order valence-corrected chi connectivity index (χ3v) is 12.1. The lowest BCUT2D eigenvalue weighted by atomic mass is 9.52. The Kier molecular flexibility index (Phi) is 14.9. The smallest absolute Gasteiger partial charge is 0.347 e. The third kappa shape index (κ3) is 12.1. The number of cyclic esters (lactones) is 1. The molecular weight excluding hydrogens is 680 g/mol. The van der Waals surface area contributed by atoms with Crippen LogP contribution in [0.4, 0.5) is 0 Å². The Labute approximate surface area is 308 Å². The van der Waals surface area contributed by atoms with Crippen molar-refractivity contribution in [1.82, 2.24) is 0 Å². The molecule has 0 aromatic carbocycles. The first kappa shape index (κ1) is 43.0. The van der Waals surface area contributed by atoms with Crippen LogP contribution in [0.1, 0.15) is 127 Å². The summed E-state index contributed by atoms with van der Waals surface area (Å²) >= 11 is 1.67. The van der Waals surface area contributed by atoms with Gasteiger partial charge in [0, 0.05) is 18.6 Å². The fourth-order valence-corrected chi connectivity index (χ4v) is 7.66. The summed E-state index contributed by atoms with van der Waals surface area (Å²) in [6, 6.07) is 0. The molecule has 6 aliphatic rings. The van der Waals surface area contributed by atoms with Crippen LogP contribution in [0.2, 0.25) is 0 Å². The number of rotatable bonds is 11. The van der Waals surface area contributed by atoms with Crippen LogP contribution < -0.4 is 0 Å². The summed E-state index contributed by atoms with van der Waals surface area (Å²) in [6.45, 7) is 17.5. The van der Waals surface area contributed by atoms with Gasteiger partial charge in [-0.3, -0.25) is 14.4 Å². The summed E-state index contributed by atoms with van der Waals surface area (Å²) < 4.78 is 30.9. The van der Waals surface area contributed by atoms with Crippen molar-refractivity contribution in [2.75, 3.05) is 31.3 Å². The van der Waals surface area contributed by atoms with E-state index in [1.165, 1.54) is 6.42 Å². The van der Waals surface area contributed by atoms with Gasteiger partial charge < -0.3 is 33.5 Å². The number of ether oxygens (including phenoxy) is 6. The van der Waals surface area contributed by atoms with Crippen LogP contribution in [0.5, 0.6) is 0 Å². The first-order valence-electron chi connectivity index (χ1n) is 18.6. The molecule has 2 aliphatic heterocycles. The van der Waals surface area contributed by atoms with Crippen LogP contribution in [0.15, 0.2) is 0 Å². The third-order valence-electron chi connectivity index (χ3n) is 11.1. The highest BCUT2D eigenvalue weighted by atomic mass is 32.2. The van der Waals surface area contributed by atoms with Gasteiger partial charge in [-0.05, 0) is 105 Å². The molecule has 4 unspecified atom stereocenters. The van der Waals surface area contributed by atoms with E-state index in [2.05, 4.69) is 0 Å². The zero-order valence-corrected chi connectivity index (χ0v) is 33.1. The summed E-state index contributed by atoms with van der Waals surface area (Å²) in [6.07, 6.45) is 7.06. The molecule has 6 rings (SSSR count). The normalized spacial score (nSPS) is 29.7. The Balaban J connectivity index is 0.000000209. The van der Waals surface area contributed by atoms with Crippen LogP contribution in [-0.2, 0) is 52.4 Å². The fraction of sp³-hybridized carbons (Fsp3) is 0.868. The molecule has 0 aromatic heterocycles. The Morgan fingerprint density at radius 2 is 1.39 bits per heavy atom. The number of carbonyl (C=O) groups excluding carboxylic acids is 5. The molecule has 0 radical (unpaired) electrons. The van der Waals surface area contributed by atoms with Crippen LogP contribution >= 0.6 is 11.8 Å². The first-order valence-corrected chi connectivity index (χ1v) is 19.7. The zero-order chi connectivity index (χ0) is 38.3. The van der Waals surface area contributed by atoms with Gasteiger partial charge in [0.15, 0.2) is 6.61 Å². The lowest BCUT2D eigenvalue weighted by Gasteiger charge is -2.59. The van der Waals surface area contributed by atoms with Gasteiger partial charge in [-0.1, -0.05) is 20.8 Å². The molecule has 0 spiro atoms. The average Bonchev–Trinajstić information content (AvgIpc) is 3.46. The van der Waals surface area contributed by atoms with Gasteiger partial charge in [-0.25, -0.2) is 9.59 Å². The molecule has 12 nitrogen and oxygen atoms in total. The lowest BCUT2D eigenvalue weighted by Crippen LogP contribution is -2.61. The second-order valence-electron chi connectivity index (χ2n) is 16.8. The summed E-state index contributed by atoms with van der Waals surface area (Å²) in [5.41, 5.74) is -2.42. The van der Waals surface area contributed by atoms with Gasteiger partial charge in [0.2, 0.25) is 12.4 Å². The Morgan fingerprint density at radius 1 is 0.824 bits per heavy atom. The van der Waals surface area contributed by atoms with Gasteiger partial charge in [0.1, 0.15) is 5.60 Å². The van der Waals surface area contributed by atoms with Crippen LogP contribution in [-0.4, -0.2) is 89.9 Å². The topological polar surface area (TPSA) is 161 Å². The summed E-state index contributed by atoms with van der Waals surface area (Å²) in [7, 11) is 0. The minimum Gasteiger partial charge on any atom is -0.463 e. The van der Waals surface area contributed by atoms with Crippen molar-refractivity contribution < 1.29 is 57.5 Å². The standard InChI is InChI=1S/C16H26O3.C12H20O5S.C10H16O4/c1-4-14(2,3)13(17)19-16-8-11-5-12(9-16)7-15(18,6-11)10-16;1-4-12(2,3)11(14)16-7-9(13)17-10-8-18-6-5-15-10;1-4-10(2,3)9(12)14-7-5-6-13-8(7)11/h11-12,18H,4-10H2,1-3H3;10H,4-8H2,1-3H3;7H,4-6H2,1-3H3. The van der Waals surface area contributed by atoms with Crippen molar-refractivity contribution in [3.8, 4) is 0 Å². The van der Waals surface area contributed by atoms with Crippen molar-refractivity contribution in [3.05, 3.63) is 0 Å². The molecule has 4 bridgehead atoms. The monoisotopic (exact) mass is 742 g/mol. The van der Waals surface area contributed by atoms with Gasteiger partial charge in [-0.15, -0.1) is 0 Å². The minimum atomic E-state index is -0.687. The van der Waals surface area contributed by atoms with Crippen molar-refractivity contribution in [1.29, 1.82) is 0 Å². The van der Waals surface area contributed by atoms with E-state index in [1.54, 1.807) is 39.5 Å². The predicted octanol–water partition coefficient (Wildman–Crippen LogP) is 5.93. The maximum Gasteiger partial charge on any atom is 0.347 e. The molecule has 0 amide bonds. The number of thioether (sulfide) groups is 1. The molecule has 4 atom stereocenters. The molecule has 4 saturated carbocycles. The van der Waals surface area contributed by atoms with Crippen molar-refractivity contribution >= 4 is 41.6 Å². The van der Waals surface area contributed by atoms with E-state index in [1.807, 2.05) is 34.6 Å². The molecular formula is C38H62O12S. The van der Waals surface area contributed by atoms with Crippen molar-refractivity contribution in [2.24, 2.45) is 28.1 Å². The maximum absolute atomic E-state index is 12.4. The van der Waals surface area contributed by atoms with E-state index in [4.69, 9.17) is 28.4 Å². The highest BCUT2D eigenvalue weighted by molar-refractivity contribution is 7.99. The minimum absolute atomic E-state index is 0.0828. The second kappa shape index (κ2) is 17.6. The van der Waals surface area contributed by atoms with Crippen LogP contribution in [0, 0.1) is 28.1 Å². The molecule has 4 aliphatic carbocycles. The molecule has 6 fully saturated rings. The largest absolute Gasteiger partial charge is 0.463 e. The number of esters is 5. The lowest BCUT2D eigenvalue weighted by molar-refractivity contribution is -0.225. The summed E-state index contributed by atoms with van der Waals surface area (Å²) in [5.74, 6) is 0.860. The summed E-state index contributed by atoms with van der Waals surface area (Å²) in [5, 5.41) is 10.6. The highest BCUT2D eigenvalue weighted by Gasteiger charge is 2.59. The van der Waals surface area contributed by atoms with Crippen molar-refractivity contribution in [3.63, 3.8) is 0 Å². The maximum atomic E-state index is 12.4. The number of carbonyl (C=O) groups is 5. The Bertz CT molecular complexity index is 1220. The molecule has 2 saturated heterocycles. The number of hydrogen-bond donors (Lipinski definition) is 1. The molecule has 2 heterocycles. The highest BCUT2D eigenvalue weighted by Crippen LogP contribution is 2.59. The van der Waals surface area contributed by atoms with Crippen molar-refractivity contribution in [2.45, 2.75) is 150 Å². The molecule has 292 valence electrons. The number of aliphatic hydroxyl groups is 1. The van der Waals surface area contributed by atoms with E-state index < -0.39 is 46.2 Å². The fourth-order valence-electron chi connectivity index (χ4n) is 6.93. The Morgan fingerprint density at radius 3 is 1.88 bits per heavy atom. The SMILES string of the molecule is CCC(C)(C)C(=O)OC12CC3CC(CC(O)(C3)C1)C2.CCC(C)(C)C(=O)OC1CCOC1=O.CCC(C)(C)C(=O)OCC(=O)OC1CSCCO1. The molecule has 51 heavy (non-hydrogen) atoms.